The fourth-order valence-electron chi connectivity index (χ4n) is 1.78. The highest BCUT2D eigenvalue weighted by Gasteiger charge is 2.07. The number of imidazole rings is 1. The van der Waals surface area contributed by atoms with E-state index in [1.165, 1.54) is 0 Å². The average molecular weight is 260 g/mol. The van der Waals surface area contributed by atoms with Crippen LogP contribution in [0.15, 0.2) is 24.5 Å². The number of ether oxygens (including phenoxy) is 1. The summed E-state index contributed by atoms with van der Waals surface area (Å²) in [7, 11) is 1.96. The Labute approximate surface area is 113 Å². The Hall–Kier alpha value is -1.88. The molecule has 0 spiro atoms. The maximum absolute atomic E-state index is 5.83. The third-order valence-corrected chi connectivity index (χ3v) is 2.89. The second-order valence-electron chi connectivity index (χ2n) is 4.42. The van der Waals surface area contributed by atoms with Crippen molar-refractivity contribution < 1.29 is 4.74 Å². The summed E-state index contributed by atoms with van der Waals surface area (Å²) in [6.07, 6.45) is 3.68. The van der Waals surface area contributed by atoms with Crippen LogP contribution in [0.4, 0.5) is 0 Å². The molecule has 0 bridgehead atoms. The van der Waals surface area contributed by atoms with Crippen LogP contribution >= 0.6 is 0 Å². The quantitative estimate of drug-likeness (QED) is 0.860. The van der Waals surface area contributed by atoms with E-state index in [1.807, 2.05) is 36.9 Å². The van der Waals surface area contributed by atoms with E-state index in [4.69, 9.17) is 4.74 Å². The van der Waals surface area contributed by atoms with Crippen molar-refractivity contribution in [3.05, 3.63) is 41.7 Å². The van der Waals surface area contributed by atoms with E-state index in [0.717, 1.165) is 29.5 Å². The molecule has 102 valence electrons. The second-order valence-corrected chi connectivity index (χ2v) is 4.42. The minimum atomic E-state index is 0.452. The second kappa shape index (κ2) is 6.33. The Bertz CT molecular complexity index is 536. The van der Waals surface area contributed by atoms with E-state index in [-0.39, 0.29) is 0 Å². The van der Waals surface area contributed by atoms with Gasteiger partial charge in [0, 0.05) is 31.7 Å². The number of hydrogen-bond acceptors (Lipinski definition) is 4. The first-order chi connectivity index (χ1) is 9.20. The first-order valence-electron chi connectivity index (χ1n) is 6.47. The van der Waals surface area contributed by atoms with Crippen molar-refractivity contribution in [3.63, 3.8) is 0 Å². The Morgan fingerprint density at radius 2 is 2.21 bits per heavy atom. The minimum absolute atomic E-state index is 0.452. The first kappa shape index (κ1) is 13.5. The van der Waals surface area contributed by atoms with Gasteiger partial charge < -0.3 is 14.6 Å². The highest BCUT2D eigenvalue weighted by molar-refractivity contribution is 5.29. The van der Waals surface area contributed by atoms with Crippen LogP contribution in [0.3, 0.4) is 0 Å². The van der Waals surface area contributed by atoms with Gasteiger partial charge in [0.05, 0.1) is 5.69 Å². The van der Waals surface area contributed by atoms with Crippen LogP contribution in [-0.2, 0) is 20.2 Å². The Morgan fingerprint density at radius 1 is 1.37 bits per heavy atom. The van der Waals surface area contributed by atoms with Crippen molar-refractivity contribution in [1.29, 1.82) is 0 Å². The molecule has 0 radical (unpaired) electrons. The Kier molecular flexibility index (Phi) is 4.52. The lowest BCUT2D eigenvalue weighted by Crippen LogP contribution is -2.15. The molecule has 0 saturated carbocycles. The summed E-state index contributed by atoms with van der Waals surface area (Å²) in [6, 6.07) is 3.93. The molecule has 2 rings (SSSR count). The van der Waals surface area contributed by atoms with Crippen LogP contribution < -0.4 is 10.1 Å². The van der Waals surface area contributed by atoms with Gasteiger partial charge in [-0.3, -0.25) is 4.98 Å². The van der Waals surface area contributed by atoms with E-state index < -0.39 is 0 Å². The molecule has 0 aliphatic carbocycles. The van der Waals surface area contributed by atoms with E-state index in [1.54, 1.807) is 6.20 Å². The fraction of sp³-hybridized carbons (Fsp3) is 0.429. The van der Waals surface area contributed by atoms with Crippen LogP contribution in [0.25, 0.3) is 0 Å². The molecular formula is C14H20N4O. The van der Waals surface area contributed by atoms with Gasteiger partial charge in [-0.15, -0.1) is 0 Å². The van der Waals surface area contributed by atoms with Gasteiger partial charge in [0.25, 0.3) is 0 Å². The monoisotopic (exact) mass is 260 g/mol. The molecule has 5 nitrogen and oxygen atoms in total. The van der Waals surface area contributed by atoms with Crippen molar-refractivity contribution in [2.75, 3.05) is 6.54 Å². The van der Waals surface area contributed by atoms with Gasteiger partial charge in [0.1, 0.15) is 18.2 Å². The largest absolute Gasteiger partial charge is 0.484 e. The molecule has 0 aliphatic rings. The van der Waals surface area contributed by atoms with Crippen molar-refractivity contribution in [3.8, 4) is 5.75 Å². The van der Waals surface area contributed by atoms with Crippen LogP contribution in [0.5, 0.6) is 5.75 Å². The van der Waals surface area contributed by atoms with Gasteiger partial charge in [-0.05, 0) is 25.6 Å². The van der Waals surface area contributed by atoms with Crippen molar-refractivity contribution >= 4 is 0 Å². The molecule has 2 aromatic rings. The average Bonchev–Trinajstić information content (AvgIpc) is 2.81. The maximum atomic E-state index is 5.83. The number of nitrogens with zero attached hydrogens (tertiary/aromatic N) is 3. The number of rotatable bonds is 6. The molecule has 1 N–H and O–H groups in total. The standard InChI is InChI=1S/C14H20N4O/c1-4-15-9-12-13(6-5-11(2)17-12)19-10-14-16-7-8-18(14)3/h5-8,15H,4,9-10H2,1-3H3. The minimum Gasteiger partial charge on any atom is -0.484 e. The van der Waals surface area contributed by atoms with E-state index in [0.29, 0.717) is 13.2 Å². The SMILES string of the molecule is CCNCc1nc(C)ccc1OCc1nccn1C. The van der Waals surface area contributed by atoms with Crippen LogP contribution in [0.2, 0.25) is 0 Å². The summed E-state index contributed by atoms with van der Waals surface area (Å²) in [5.41, 5.74) is 1.94. The Balaban J connectivity index is 2.08. The number of aryl methyl sites for hydroxylation is 2. The normalized spacial score (nSPS) is 10.7. The van der Waals surface area contributed by atoms with Crippen LogP contribution in [-0.4, -0.2) is 21.1 Å². The summed E-state index contributed by atoms with van der Waals surface area (Å²) in [4.78, 5) is 8.76. The summed E-state index contributed by atoms with van der Waals surface area (Å²) in [6.45, 7) is 6.14. The highest BCUT2D eigenvalue weighted by Crippen LogP contribution is 2.18. The molecule has 0 atom stereocenters. The van der Waals surface area contributed by atoms with Crippen molar-refractivity contribution in [2.45, 2.75) is 27.0 Å². The smallest absolute Gasteiger partial charge is 0.146 e. The molecule has 2 heterocycles. The molecule has 0 amide bonds. The number of nitrogens with one attached hydrogen (secondary N) is 1. The predicted molar refractivity (Wildman–Crippen MR) is 73.9 cm³/mol. The van der Waals surface area contributed by atoms with Gasteiger partial charge in [-0.1, -0.05) is 6.92 Å². The molecule has 0 fully saturated rings. The fourth-order valence-corrected chi connectivity index (χ4v) is 1.78. The molecule has 5 heteroatoms. The van der Waals surface area contributed by atoms with Crippen LogP contribution in [0, 0.1) is 6.92 Å². The molecule has 2 aromatic heterocycles. The zero-order valence-corrected chi connectivity index (χ0v) is 11.7. The van der Waals surface area contributed by atoms with Gasteiger partial charge in [-0.25, -0.2) is 4.98 Å². The summed E-state index contributed by atoms with van der Waals surface area (Å²) >= 11 is 0. The molecule has 0 unspecified atom stereocenters. The number of pyridine rings is 1. The Morgan fingerprint density at radius 3 is 2.89 bits per heavy atom. The number of aromatic nitrogens is 3. The number of hydrogen-bond donors (Lipinski definition) is 1. The van der Waals surface area contributed by atoms with Crippen LogP contribution in [0.1, 0.15) is 24.1 Å². The predicted octanol–water partition coefficient (Wildman–Crippen LogP) is 1.81. The lowest BCUT2D eigenvalue weighted by atomic mass is 10.3. The topological polar surface area (TPSA) is 52.0 Å². The first-order valence-corrected chi connectivity index (χ1v) is 6.47. The molecule has 0 aliphatic heterocycles. The summed E-state index contributed by atoms with van der Waals surface area (Å²) in [5.74, 6) is 1.71. The molecular weight excluding hydrogens is 240 g/mol. The summed E-state index contributed by atoms with van der Waals surface area (Å²) in [5, 5.41) is 3.27. The van der Waals surface area contributed by atoms with Gasteiger partial charge in [-0.2, -0.15) is 0 Å². The van der Waals surface area contributed by atoms with Gasteiger partial charge in [0.15, 0.2) is 0 Å². The van der Waals surface area contributed by atoms with Gasteiger partial charge >= 0.3 is 0 Å². The zero-order chi connectivity index (χ0) is 13.7. The summed E-state index contributed by atoms with van der Waals surface area (Å²) < 4.78 is 7.78. The van der Waals surface area contributed by atoms with E-state index in [2.05, 4.69) is 22.2 Å². The van der Waals surface area contributed by atoms with E-state index >= 15 is 0 Å². The molecule has 0 saturated heterocycles. The third kappa shape index (κ3) is 3.54. The third-order valence-electron chi connectivity index (χ3n) is 2.89. The molecule has 19 heavy (non-hydrogen) atoms. The maximum Gasteiger partial charge on any atom is 0.146 e. The molecule has 0 aromatic carbocycles. The van der Waals surface area contributed by atoms with Gasteiger partial charge in [0.2, 0.25) is 0 Å². The lowest BCUT2D eigenvalue weighted by molar-refractivity contribution is 0.286. The highest BCUT2D eigenvalue weighted by atomic mass is 16.5. The lowest BCUT2D eigenvalue weighted by Gasteiger charge is -2.11. The van der Waals surface area contributed by atoms with Crippen molar-refractivity contribution in [2.24, 2.45) is 7.05 Å². The zero-order valence-electron chi connectivity index (χ0n) is 11.7. The van der Waals surface area contributed by atoms with E-state index in [9.17, 15) is 0 Å². The van der Waals surface area contributed by atoms with Crippen molar-refractivity contribution in [1.82, 2.24) is 19.9 Å².